The molecule has 0 saturated heterocycles. The predicted molar refractivity (Wildman–Crippen MR) is 74.8 cm³/mol. The molecular formula is C14H9NO3S. The fourth-order valence-electron chi connectivity index (χ4n) is 1.97. The van der Waals surface area contributed by atoms with E-state index in [4.69, 9.17) is 5.11 Å². The first-order valence-corrected chi connectivity index (χ1v) is 6.47. The number of carboxylic acids is 1. The molecule has 0 saturated carbocycles. The molecule has 1 aromatic carbocycles. The van der Waals surface area contributed by atoms with E-state index >= 15 is 0 Å². The highest BCUT2D eigenvalue weighted by molar-refractivity contribution is 7.13. The van der Waals surface area contributed by atoms with Gasteiger partial charge < -0.3 is 10.1 Å². The molecule has 4 nitrogen and oxygen atoms in total. The Balaban J connectivity index is 2.30. The second-order valence-corrected chi connectivity index (χ2v) is 5.02. The number of hydrogen-bond acceptors (Lipinski definition) is 3. The Hall–Kier alpha value is -2.40. The summed E-state index contributed by atoms with van der Waals surface area (Å²) in [6.07, 6.45) is 1.23. The molecule has 94 valence electrons. The van der Waals surface area contributed by atoms with Crippen LogP contribution in [0.3, 0.4) is 0 Å². The third kappa shape index (κ3) is 1.94. The van der Waals surface area contributed by atoms with Gasteiger partial charge in [0.25, 0.3) is 0 Å². The molecule has 2 N–H and O–H groups in total. The average Bonchev–Trinajstić information content (AvgIpc) is 2.92. The van der Waals surface area contributed by atoms with Crippen LogP contribution in [0.2, 0.25) is 0 Å². The van der Waals surface area contributed by atoms with Crippen molar-refractivity contribution in [1.82, 2.24) is 4.98 Å². The van der Waals surface area contributed by atoms with Crippen molar-refractivity contribution in [3.8, 4) is 10.4 Å². The third-order valence-electron chi connectivity index (χ3n) is 2.92. The Morgan fingerprint density at radius 1 is 1.26 bits per heavy atom. The zero-order valence-corrected chi connectivity index (χ0v) is 10.5. The topological polar surface area (TPSA) is 70.2 Å². The number of fused-ring (bicyclic) bond motifs is 1. The molecule has 0 spiro atoms. The molecule has 0 bridgehead atoms. The molecule has 0 fully saturated rings. The van der Waals surface area contributed by atoms with Crippen LogP contribution in [0.25, 0.3) is 21.3 Å². The lowest BCUT2D eigenvalue weighted by Gasteiger charge is -2.02. The average molecular weight is 271 g/mol. The summed E-state index contributed by atoms with van der Waals surface area (Å²) in [5.74, 6) is -1.22. The lowest BCUT2D eigenvalue weighted by Crippen LogP contribution is -2.15. The largest absolute Gasteiger partial charge is 0.477 e. The third-order valence-corrected chi connectivity index (χ3v) is 3.84. The summed E-state index contributed by atoms with van der Waals surface area (Å²) >= 11 is 1.57. The number of H-pyrrole nitrogens is 1. The zero-order chi connectivity index (χ0) is 13.4. The highest BCUT2D eigenvalue weighted by Gasteiger charge is 2.12. The molecule has 3 rings (SSSR count). The van der Waals surface area contributed by atoms with E-state index in [0.29, 0.717) is 10.9 Å². The molecule has 3 aromatic rings. The quantitative estimate of drug-likeness (QED) is 0.752. The van der Waals surface area contributed by atoms with E-state index in [-0.39, 0.29) is 5.56 Å². The van der Waals surface area contributed by atoms with E-state index in [2.05, 4.69) is 4.98 Å². The van der Waals surface area contributed by atoms with Gasteiger partial charge >= 0.3 is 5.97 Å². The van der Waals surface area contributed by atoms with Gasteiger partial charge in [-0.2, -0.15) is 0 Å². The summed E-state index contributed by atoms with van der Waals surface area (Å²) in [5, 5.41) is 11.3. The van der Waals surface area contributed by atoms with Gasteiger partial charge in [0.1, 0.15) is 5.56 Å². The van der Waals surface area contributed by atoms with Crippen LogP contribution in [-0.2, 0) is 0 Å². The van der Waals surface area contributed by atoms with Gasteiger partial charge in [0.15, 0.2) is 0 Å². The molecule has 0 aliphatic heterocycles. The molecule has 0 unspecified atom stereocenters. The number of benzene rings is 1. The molecular weight excluding hydrogens is 262 g/mol. The van der Waals surface area contributed by atoms with Crippen LogP contribution in [0.15, 0.2) is 46.7 Å². The summed E-state index contributed by atoms with van der Waals surface area (Å²) < 4.78 is 0. The number of aromatic nitrogens is 1. The van der Waals surface area contributed by atoms with E-state index in [0.717, 1.165) is 10.4 Å². The number of carbonyl (C=O) groups is 1. The van der Waals surface area contributed by atoms with Crippen molar-refractivity contribution in [2.45, 2.75) is 0 Å². The molecule has 19 heavy (non-hydrogen) atoms. The minimum absolute atomic E-state index is 0.240. The van der Waals surface area contributed by atoms with E-state index in [9.17, 15) is 9.59 Å². The summed E-state index contributed by atoms with van der Waals surface area (Å²) in [5.41, 5.74) is 0.848. The van der Waals surface area contributed by atoms with Gasteiger partial charge in [-0.25, -0.2) is 4.79 Å². The molecule has 0 atom stereocenters. The number of rotatable bonds is 2. The normalized spacial score (nSPS) is 10.7. The van der Waals surface area contributed by atoms with E-state index in [1.54, 1.807) is 23.5 Å². The van der Waals surface area contributed by atoms with Crippen LogP contribution in [0, 0.1) is 0 Å². The highest BCUT2D eigenvalue weighted by Crippen LogP contribution is 2.26. The summed E-state index contributed by atoms with van der Waals surface area (Å²) in [6, 6.07) is 9.32. The van der Waals surface area contributed by atoms with E-state index < -0.39 is 11.4 Å². The van der Waals surface area contributed by atoms with Crippen molar-refractivity contribution in [3.63, 3.8) is 0 Å². The second kappa shape index (κ2) is 4.37. The highest BCUT2D eigenvalue weighted by atomic mass is 32.1. The van der Waals surface area contributed by atoms with Crippen LogP contribution in [0.4, 0.5) is 0 Å². The van der Waals surface area contributed by atoms with Crippen LogP contribution in [0.1, 0.15) is 10.4 Å². The van der Waals surface area contributed by atoms with Crippen molar-refractivity contribution < 1.29 is 9.90 Å². The van der Waals surface area contributed by atoms with Gasteiger partial charge in [-0.1, -0.05) is 12.1 Å². The minimum atomic E-state index is -1.22. The Morgan fingerprint density at radius 2 is 2.11 bits per heavy atom. The molecule has 2 heterocycles. The maximum Gasteiger partial charge on any atom is 0.341 e. The van der Waals surface area contributed by atoms with Crippen LogP contribution in [-0.4, -0.2) is 16.1 Å². The minimum Gasteiger partial charge on any atom is -0.477 e. The first-order chi connectivity index (χ1) is 9.16. The summed E-state index contributed by atoms with van der Waals surface area (Å²) in [6.45, 7) is 0. The number of nitrogens with one attached hydrogen (secondary N) is 1. The lowest BCUT2D eigenvalue weighted by atomic mass is 10.1. The van der Waals surface area contributed by atoms with Crippen molar-refractivity contribution in [2.24, 2.45) is 0 Å². The van der Waals surface area contributed by atoms with Gasteiger partial charge in [-0.15, -0.1) is 11.3 Å². The molecule has 0 radical (unpaired) electrons. The van der Waals surface area contributed by atoms with Gasteiger partial charge in [0.2, 0.25) is 5.43 Å². The second-order valence-electron chi connectivity index (χ2n) is 4.07. The maximum atomic E-state index is 12.1. The summed E-state index contributed by atoms with van der Waals surface area (Å²) in [7, 11) is 0. The Bertz CT molecular complexity index is 818. The van der Waals surface area contributed by atoms with E-state index in [1.165, 1.54) is 6.20 Å². The fraction of sp³-hybridized carbons (Fsp3) is 0. The standard InChI is InChI=1S/C14H9NO3S/c16-13-9-6-8(12-2-1-5-19-12)3-4-11(9)15-7-10(13)14(17)18/h1-7H,(H,15,16)(H,17,18). The fourth-order valence-corrected chi connectivity index (χ4v) is 2.70. The van der Waals surface area contributed by atoms with Gasteiger partial charge in [0.05, 0.1) is 0 Å². The molecule has 0 aliphatic rings. The SMILES string of the molecule is O=C(O)c1c[nH]c2ccc(-c3cccs3)cc2c1=O. The number of carboxylic acid groups (broad SMARTS) is 1. The number of hydrogen-bond donors (Lipinski definition) is 2. The number of aromatic carboxylic acids is 1. The van der Waals surface area contributed by atoms with Crippen LogP contribution < -0.4 is 5.43 Å². The van der Waals surface area contributed by atoms with Crippen molar-refractivity contribution in [2.75, 3.05) is 0 Å². The molecule has 2 aromatic heterocycles. The Labute approximate surface area is 112 Å². The van der Waals surface area contributed by atoms with Gasteiger partial charge in [-0.05, 0) is 29.1 Å². The number of aromatic amines is 1. The van der Waals surface area contributed by atoms with Crippen molar-refractivity contribution in [1.29, 1.82) is 0 Å². The van der Waals surface area contributed by atoms with Crippen LogP contribution >= 0.6 is 11.3 Å². The predicted octanol–water partition coefficient (Wildman–Crippen LogP) is 2.95. The van der Waals surface area contributed by atoms with Crippen LogP contribution in [0.5, 0.6) is 0 Å². The Kier molecular flexibility index (Phi) is 2.68. The van der Waals surface area contributed by atoms with Crippen molar-refractivity contribution in [3.05, 3.63) is 57.7 Å². The van der Waals surface area contributed by atoms with E-state index in [1.807, 2.05) is 23.6 Å². The molecule has 0 amide bonds. The lowest BCUT2D eigenvalue weighted by molar-refractivity contribution is 0.0695. The summed E-state index contributed by atoms with van der Waals surface area (Å²) in [4.78, 5) is 26.9. The number of thiophene rings is 1. The first kappa shape index (κ1) is 11.7. The van der Waals surface area contributed by atoms with Gasteiger partial charge in [-0.3, -0.25) is 4.79 Å². The van der Waals surface area contributed by atoms with Gasteiger partial charge in [0, 0.05) is 22.0 Å². The maximum absolute atomic E-state index is 12.1. The monoisotopic (exact) mass is 271 g/mol. The molecule has 5 heteroatoms. The Morgan fingerprint density at radius 3 is 2.79 bits per heavy atom. The van der Waals surface area contributed by atoms with Crippen molar-refractivity contribution >= 4 is 28.2 Å². The molecule has 0 aliphatic carbocycles. The first-order valence-electron chi connectivity index (χ1n) is 5.59. The zero-order valence-electron chi connectivity index (χ0n) is 9.71. The smallest absolute Gasteiger partial charge is 0.341 e. The number of pyridine rings is 1.